The van der Waals surface area contributed by atoms with E-state index < -0.39 is 5.82 Å². The van der Waals surface area contributed by atoms with Crippen LogP contribution in [0, 0.1) is 11.7 Å². The van der Waals surface area contributed by atoms with Crippen LogP contribution in [0.25, 0.3) is 22.4 Å². The number of aromatic hydroxyl groups is 1. The van der Waals surface area contributed by atoms with Crippen LogP contribution in [0.4, 0.5) is 4.39 Å². The lowest BCUT2D eigenvalue weighted by atomic mass is 9.96. The first-order valence-corrected chi connectivity index (χ1v) is 11.3. The summed E-state index contributed by atoms with van der Waals surface area (Å²) >= 11 is 6.46. The van der Waals surface area contributed by atoms with Crippen molar-refractivity contribution in [3.05, 3.63) is 87.7 Å². The average molecular weight is 484 g/mol. The fourth-order valence-corrected chi connectivity index (χ4v) is 4.46. The Morgan fingerprint density at radius 3 is 2.62 bits per heavy atom. The molecule has 9 heteroatoms. The maximum atomic E-state index is 14.7. The second-order valence-corrected chi connectivity index (χ2v) is 9.02. The summed E-state index contributed by atoms with van der Waals surface area (Å²) in [5, 5.41) is 11.3. The molecule has 0 saturated carbocycles. The number of hydrogen-bond acceptors (Lipinski definition) is 5. The Bertz CT molecular complexity index is 1360. The molecule has 0 radical (unpaired) electrons. The van der Waals surface area contributed by atoms with Gasteiger partial charge in [-0.3, -0.25) is 4.57 Å². The van der Waals surface area contributed by atoms with Gasteiger partial charge in [0, 0.05) is 55.4 Å². The largest absolute Gasteiger partial charge is 0.507 e. The van der Waals surface area contributed by atoms with Crippen molar-refractivity contribution in [2.75, 3.05) is 13.1 Å². The topological polar surface area (TPSA) is 102 Å². The standard InChI is InChI=1S/C25H27ClFN5O2/c1-15-5-6-31(14-15)23(29)10-17(13-28)20-12-18(27)11-19(24(20)33)16-3-4-22(21(26)9-16)32-8-7-30(2)25(32)34/h3-4,7-13,15,33H,5-6,14,28-29H2,1-2H3/b17-13+,23-10+. The lowest BCUT2D eigenvalue weighted by Crippen LogP contribution is -2.25. The van der Waals surface area contributed by atoms with E-state index >= 15 is 0 Å². The maximum Gasteiger partial charge on any atom is 0.332 e. The van der Waals surface area contributed by atoms with Crippen LogP contribution in [-0.2, 0) is 7.05 Å². The molecule has 1 saturated heterocycles. The number of rotatable bonds is 5. The van der Waals surface area contributed by atoms with Crippen LogP contribution >= 0.6 is 11.6 Å². The first-order valence-electron chi connectivity index (χ1n) is 10.9. The van der Waals surface area contributed by atoms with E-state index in [1.807, 2.05) is 4.90 Å². The Labute approximate surface area is 202 Å². The number of benzene rings is 2. The van der Waals surface area contributed by atoms with Gasteiger partial charge in [-0.25, -0.2) is 9.18 Å². The zero-order valence-electron chi connectivity index (χ0n) is 19.0. The summed E-state index contributed by atoms with van der Waals surface area (Å²) in [5.41, 5.74) is 13.7. The summed E-state index contributed by atoms with van der Waals surface area (Å²) in [7, 11) is 1.64. The molecule has 1 aliphatic heterocycles. The Kier molecular flexibility index (Phi) is 6.43. The second kappa shape index (κ2) is 9.30. The van der Waals surface area contributed by atoms with Gasteiger partial charge in [-0.1, -0.05) is 24.6 Å². The number of phenolic OH excluding ortho intramolecular Hbond substituents is 1. The van der Waals surface area contributed by atoms with Gasteiger partial charge in [0.1, 0.15) is 11.6 Å². The van der Waals surface area contributed by atoms with Crippen molar-refractivity contribution in [3.63, 3.8) is 0 Å². The fraction of sp³-hybridized carbons (Fsp3) is 0.240. The number of allylic oxidation sites excluding steroid dienone is 2. The Morgan fingerprint density at radius 2 is 2.03 bits per heavy atom. The highest BCUT2D eigenvalue weighted by Gasteiger charge is 2.21. The van der Waals surface area contributed by atoms with Crippen LogP contribution in [0.2, 0.25) is 5.02 Å². The monoisotopic (exact) mass is 483 g/mol. The first-order chi connectivity index (χ1) is 16.2. The molecule has 0 amide bonds. The molecule has 2 aromatic carbocycles. The quantitative estimate of drug-likeness (QED) is 0.479. The number of halogens is 2. The van der Waals surface area contributed by atoms with Crippen LogP contribution < -0.4 is 17.2 Å². The Morgan fingerprint density at radius 1 is 1.26 bits per heavy atom. The molecule has 0 aliphatic carbocycles. The zero-order chi connectivity index (χ0) is 24.6. The van der Waals surface area contributed by atoms with Crippen LogP contribution in [0.3, 0.4) is 0 Å². The highest BCUT2D eigenvalue weighted by Crippen LogP contribution is 2.39. The molecule has 0 bridgehead atoms. The van der Waals surface area contributed by atoms with Gasteiger partial charge < -0.3 is 26.0 Å². The Balaban J connectivity index is 1.73. The molecule has 1 aliphatic rings. The molecule has 7 nitrogen and oxygen atoms in total. The smallest absolute Gasteiger partial charge is 0.332 e. The molecule has 5 N–H and O–H groups in total. The van der Waals surface area contributed by atoms with Crippen LogP contribution in [-0.4, -0.2) is 32.2 Å². The summed E-state index contributed by atoms with van der Waals surface area (Å²) in [6, 6.07) is 7.33. The van der Waals surface area contributed by atoms with Gasteiger partial charge in [0.2, 0.25) is 0 Å². The molecular formula is C25H27ClFN5O2. The minimum absolute atomic E-state index is 0.155. The fourth-order valence-electron chi connectivity index (χ4n) is 4.19. The molecular weight excluding hydrogens is 457 g/mol. The van der Waals surface area contributed by atoms with Crippen LogP contribution in [0.5, 0.6) is 5.75 Å². The third-order valence-corrected chi connectivity index (χ3v) is 6.43. The van der Waals surface area contributed by atoms with E-state index in [1.54, 1.807) is 43.7 Å². The molecule has 0 spiro atoms. The van der Waals surface area contributed by atoms with E-state index in [4.69, 9.17) is 23.1 Å². The molecule has 1 fully saturated rings. The summed E-state index contributed by atoms with van der Waals surface area (Å²) < 4.78 is 17.5. The number of imidazole rings is 1. The summed E-state index contributed by atoms with van der Waals surface area (Å²) in [5.74, 6) is 0.332. The zero-order valence-corrected chi connectivity index (χ0v) is 19.8. The molecule has 1 aromatic heterocycles. The molecule has 1 atom stereocenters. The number of nitrogens with zero attached hydrogens (tertiary/aromatic N) is 3. The van der Waals surface area contributed by atoms with E-state index in [0.717, 1.165) is 19.5 Å². The summed E-state index contributed by atoms with van der Waals surface area (Å²) in [6.45, 7) is 3.81. The van der Waals surface area contributed by atoms with Crippen molar-refractivity contribution >= 4 is 17.2 Å². The Hall–Kier alpha value is -3.65. The van der Waals surface area contributed by atoms with Crippen molar-refractivity contribution in [3.8, 4) is 22.6 Å². The molecule has 178 valence electrons. The number of aryl methyl sites for hydroxylation is 1. The molecule has 34 heavy (non-hydrogen) atoms. The van der Waals surface area contributed by atoms with Gasteiger partial charge in [0.05, 0.1) is 16.5 Å². The van der Waals surface area contributed by atoms with Gasteiger partial charge in [0.25, 0.3) is 0 Å². The van der Waals surface area contributed by atoms with E-state index in [2.05, 4.69) is 6.92 Å². The van der Waals surface area contributed by atoms with E-state index in [0.29, 0.717) is 28.6 Å². The van der Waals surface area contributed by atoms with Crippen molar-refractivity contribution in [1.29, 1.82) is 0 Å². The molecule has 3 aromatic rings. The highest BCUT2D eigenvalue weighted by atomic mass is 35.5. The van der Waals surface area contributed by atoms with Crippen molar-refractivity contribution in [2.24, 2.45) is 24.4 Å². The van der Waals surface area contributed by atoms with Crippen molar-refractivity contribution in [1.82, 2.24) is 14.0 Å². The van der Waals surface area contributed by atoms with Gasteiger partial charge >= 0.3 is 5.69 Å². The van der Waals surface area contributed by atoms with Crippen LogP contribution in [0.15, 0.2) is 65.6 Å². The number of likely N-dealkylation sites (tertiary alicyclic amines) is 1. The third-order valence-electron chi connectivity index (χ3n) is 6.12. The minimum atomic E-state index is -0.552. The van der Waals surface area contributed by atoms with Gasteiger partial charge in [-0.2, -0.15) is 0 Å². The lowest BCUT2D eigenvalue weighted by molar-refractivity contribution is 0.406. The predicted octanol–water partition coefficient (Wildman–Crippen LogP) is 3.78. The second-order valence-electron chi connectivity index (χ2n) is 8.61. The normalized spacial score (nSPS) is 16.9. The summed E-state index contributed by atoms with van der Waals surface area (Å²) in [6.07, 6.45) is 7.21. The maximum absolute atomic E-state index is 14.7. The highest BCUT2D eigenvalue weighted by molar-refractivity contribution is 6.32. The van der Waals surface area contributed by atoms with Gasteiger partial charge in [0.15, 0.2) is 0 Å². The van der Waals surface area contributed by atoms with E-state index in [1.165, 1.54) is 27.5 Å². The van der Waals surface area contributed by atoms with E-state index in [-0.39, 0.29) is 27.6 Å². The van der Waals surface area contributed by atoms with E-state index in [9.17, 15) is 14.3 Å². The lowest BCUT2D eigenvalue weighted by Gasteiger charge is -2.19. The number of nitrogens with two attached hydrogens (primary N) is 2. The molecule has 1 unspecified atom stereocenters. The minimum Gasteiger partial charge on any atom is -0.507 e. The summed E-state index contributed by atoms with van der Waals surface area (Å²) in [4.78, 5) is 14.3. The van der Waals surface area contributed by atoms with Crippen molar-refractivity contribution in [2.45, 2.75) is 13.3 Å². The average Bonchev–Trinajstić information content (AvgIpc) is 3.39. The van der Waals surface area contributed by atoms with Crippen molar-refractivity contribution < 1.29 is 9.50 Å². The van der Waals surface area contributed by atoms with Gasteiger partial charge in [-0.05, 0) is 48.2 Å². The number of aromatic nitrogens is 2. The third kappa shape index (κ3) is 4.41. The first kappa shape index (κ1) is 23.5. The number of hydrogen-bond donors (Lipinski definition) is 3. The van der Waals surface area contributed by atoms with Gasteiger partial charge in [-0.15, -0.1) is 0 Å². The molecule has 2 heterocycles. The molecule has 4 rings (SSSR count). The number of phenols is 1. The van der Waals surface area contributed by atoms with Crippen LogP contribution in [0.1, 0.15) is 18.9 Å². The predicted molar refractivity (Wildman–Crippen MR) is 133 cm³/mol. The SMILES string of the molecule is CC1CCN(/C(N)=C/C(=C\N)c2cc(F)cc(-c3ccc(-n4ccn(C)c4=O)c(Cl)c3)c2O)C1.